The number of nitrogens with one attached hydrogen (secondary N) is 1. The smallest absolute Gasteiger partial charge is 0.261 e. The van der Waals surface area contributed by atoms with Crippen molar-refractivity contribution in [2.75, 3.05) is 5.73 Å². The van der Waals surface area contributed by atoms with Crippen LogP contribution < -0.4 is 11.3 Å². The van der Waals surface area contributed by atoms with Crippen LogP contribution in [0.2, 0.25) is 5.02 Å². The number of nitrogens with zero attached hydrogens (tertiary/aromatic N) is 1. The van der Waals surface area contributed by atoms with Crippen molar-refractivity contribution in [1.82, 2.24) is 9.97 Å². The van der Waals surface area contributed by atoms with Crippen molar-refractivity contribution < 1.29 is 5.11 Å². The molecule has 20 heavy (non-hydrogen) atoms. The summed E-state index contributed by atoms with van der Waals surface area (Å²) in [5, 5.41) is 10.5. The second kappa shape index (κ2) is 4.50. The van der Waals surface area contributed by atoms with E-state index in [-0.39, 0.29) is 22.3 Å². The van der Waals surface area contributed by atoms with Gasteiger partial charge < -0.3 is 10.8 Å². The van der Waals surface area contributed by atoms with Crippen LogP contribution in [-0.4, -0.2) is 15.1 Å². The van der Waals surface area contributed by atoms with Crippen molar-refractivity contribution >= 4 is 39.1 Å². The molecule has 0 unspecified atom stereocenters. The van der Waals surface area contributed by atoms with E-state index in [4.69, 9.17) is 17.3 Å². The molecule has 0 bridgehead atoms. The first-order valence-corrected chi connectivity index (χ1v) is 6.94. The van der Waals surface area contributed by atoms with Crippen LogP contribution >= 0.6 is 22.9 Å². The zero-order chi connectivity index (χ0) is 14.4. The van der Waals surface area contributed by atoms with Crippen LogP contribution in [0.4, 0.5) is 5.95 Å². The summed E-state index contributed by atoms with van der Waals surface area (Å²) in [6.45, 7) is 1.84. The van der Waals surface area contributed by atoms with E-state index >= 15 is 0 Å². The molecular formula is C13H10ClN3O2S. The number of halogens is 1. The minimum absolute atomic E-state index is 0.00223. The van der Waals surface area contributed by atoms with Gasteiger partial charge in [0.15, 0.2) is 0 Å². The number of aromatic nitrogens is 2. The number of phenolic OH excluding ortho intramolecular Hbond substituents is 1. The van der Waals surface area contributed by atoms with E-state index in [9.17, 15) is 9.90 Å². The molecule has 3 aromatic rings. The molecule has 7 heteroatoms. The van der Waals surface area contributed by atoms with Crippen LogP contribution in [0.3, 0.4) is 0 Å². The van der Waals surface area contributed by atoms with Crippen molar-refractivity contribution in [3.63, 3.8) is 0 Å². The van der Waals surface area contributed by atoms with Gasteiger partial charge in [0.2, 0.25) is 5.95 Å². The second-order valence-electron chi connectivity index (χ2n) is 4.35. The first kappa shape index (κ1) is 13.0. The highest BCUT2D eigenvalue weighted by Crippen LogP contribution is 2.38. The molecular weight excluding hydrogens is 298 g/mol. The molecule has 0 saturated heterocycles. The van der Waals surface area contributed by atoms with Crippen molar-refractivity contribution in [1.29, 1.82) is 0 Å². The van der Waals surface area contributed by atoms with Gasteiger partial charge in [-0.05, 0) is 30.2 Å². The van der Waals surface area contributed by atoms with Crippen LogP contribution in [0.25, 0.3) is 20.7 Å². The van der Waals surface area contributed by atoms with Crippen LogP contribution in [-0.2, 0) is 0 Å². The highest BCUT2D eigenvalue weighted by Gasteiger charge is 2.15. The molecule has 0 aliphatic carbocycles. The number of benzene rings is 1. The molecule has 0 fully saturated rings. The van der Waals surface area contributed by atoms with E-state index in [0.717, 1.165) is 16.0 Å². The largest absolute Gasteiger partial charge is 0.506 e. The number of aromatic hydroxyl groups is 1. The highest BCUT2D eigenvalue weighted by atomic mass is 35.5. The maximum absolute atomic E-state index is 11.9. The number of thiophene rings is 1. The molecule has 2 heterocycles. The summed E-state index contributed by atoms with van der Waals surface area (Å²) in [4.78, 5) is 20.0. The number of fused-ring (bicyclic) bond motifs is 1. The summed E-state index contributed by atoms with van der Waals surface area (Å²) >= 11 is 7.16. The van der Waals surface area contributed by atoms with Crippen LogP contribution in [0.15, 0.2) is 23.0 Å². The number of hydrogen-bond acceptors (Lipinski definition) is 5. The van der Waals surface area contributed by atoms with Crippen molar-refractivity contribution in [2.24, 2.45) is 0 Å². The van der Waals surface area contributed by atoms with E-state index in [1.54, 1.807) is 18.2 Å². The summed E-state index contributed by atoms with van der Waals surface area (Å²) in [5.74, 6) is 0.0941. The fourth-order valence-electron chi connectivity index (χ4n) is 2.09. The number of nitrogen functional groups attached to an aromatic ring is 1. The Bertz CT molecular complexity index is 885. The lowest BCUT2D eigenvalue weighted by atomic mass is 10.1. The lowest BCUT2D eigenvalue weighted by molar-refractivity contribution is 0.476. The van der Waals surface area contributed by atoms with Gasteiger partial charge >= 0.3 is 0 Å². The molecule has 0 amide bonds. The molecule has 3 rings (SSSR count). The van der Waals surface area contributed by atoms with E-state index in [0.29, 0.717) is 10.2 Å². The predicted octanol–water partition coefficient (Wildman–Crippen LogP) is 2.90. The minimum Gasteiger partial charge on any atom is -0.506 e. The molecule has 102 valence electrons. The molecule has 0 radical (unpaired) electrons. The Balaban J connectivity index is 2.32. The third-order valence-electron chi connectivity index (χ3n) is 3.03. The first-order valence-electron chi connectivity index (χ1n) is 5.75. The monoisotopic (exact) mass is 307 g/mol. The summed E-state index contributed by atoms with van der Waals surface area (Å²) in [6.07, 6.45) is 0. The van der Waals surface area contributed by atoms with E-state index in [2.05, 4.69) is 9.97 Å². The topological polar surface area (TPSA) is 92.0 Å². The molecule has 0 aliphatic heterocycles. The van der Waals surface area contributed by atoms with Gasteiger partial charge in [0, 0.05) is 4.88 Å². The Morgan fingerprint density at radius 1 is 1.45 bits per heavy atom. The Morgan fingerprint density at radius 3 is 2.90 bits per heavy atom. The number of aryl methyl sites for hydroxylation is 1. The number of H-pyrrole nitrogens is 1. The number of rotatable bonds is 1. The van der Waals surface area contributed by atoms with E-state index in [1.165, 1.54) is 11.3 Å². The third kappa shape index (κ3) is 1.93. The van der Waals surface area contributed by atoms with Crippen molar-refractivity contribution in [3.05, 3.63) is 39.1 Å². The van der Waals surface area contributed by atoms with Crippen molar-refractivity contribution in [2.45, 2.75) is 6.92 Å². The summed E-state index contributed by atoms with van der Waals surface area (Å²) in [7, 11) is 0. The maximum Gasteiger partial charge on any atom is 0.261 e. The number of anilines is 1. The van der Waals surface area contributed by atoms with Gasteiger partial charge in [-0.15, -0.1) is 11.3 Å². The van der Waals surface area contributed by atoms with Gasteiger partial charge in [-0.1, -0.05) is 17.7 Å². The molecule has 0 atom stereocenters. The Labute approximate surface area is 122 Å². The van der Waals surface area contributed by atoms with Gasteiger partial charge in [-0.2, -0.15) is 0 Å². The fraction of sp³-hybridized carbons (Fsp3) is 0.0769. The summed E-state index contributed by atoms with van der Waals surface area (Å²) in [5.41, 5.74) is 6.88. The third-order valence-corrected chi connectivity index (χ3v) is 4.58. The highest BCUT2D eigenvalue weighted by molar-refractivity contribution is 7.22. The van der Waals surface area contributed by atoms with Gasteiger partial charge in [0.05, 0.1) is 10.4 Å². The summed E-state index contributed by atoms with van der Waals surface area (Å²) in [6, 6.07) is 4.97. The number of aromatic amines is 1. The molecule has 0 saturated carbocycles. The van der Waals surface area contributed by atoms with Crippen LogP contribution in [0, 0.1) is 6.92 Å². The zero-order valence-electron chi connectivity index (χ0n) is 10.4. The second-order valence-corrected chi connectivity index (χ2v) is 5.76. The van der Waals surface area contributed by atoms with Gasteiger partial charge in [0.1, 0.15) is 10.6 Å². The number of nitrogens with two attached hydrogens (primary N) is 1. The Hall–Kier alpha value is -2.05. The standard InChI is InChI=1S/C13H10ClN3O2S/c1-5-9-11(19)16-13(15)17-12(9)20-10(5)6-2-3-7(14)8(18)4-6/h2-4,18H,1H3,(H3,15,16,17,19). The van der Waals surface area contributed by atoms with E-state index in [1.807, 2.05) is 6.92 Å². The maximum atomic E-state index is 11.9. The normalized spacial score (nSPS) is 11.1. The Kier molecular flexibility index (Phi) is 2.92. The number of hydrogen-bond donors (Lipinski definition) is 3. The molecule has 4 N–H and O–H groups in total. The fourth-order valence-corrected chi connectivity index (χ4v) is 3.39. The van der Waals surface area contributed by atoms with Gasteiger partial charge in [0.25, 0.3) is 5.56 Å². The lowest BCUT2D eigenvalue weighted by Gasteiger charge is -2.02. The minimum atomic E-state index is -0.259. The van der Waals surface area contributed by atoms with E-state index < -0.39 is 0 Å². The average Bonchev–Trinajstić information content (AvgIpc) is 2.70. The molecule has 0 spiro atoms. The molecule has 1 aromatic carbocycles. The van der Waals surface area contributed by atoms with Crippen LogP contribution in [0.1, 0.15) is 5.56 Å². The quantitative estimate of drug-likeness (QED) is 0.644. The van der Waals surface area contributed by atoms with Crippen LogP contribution in [0.5, 0.6) is 5.75 Å². The predicted molar refractivity (Wildman–Crippen MR) is 81.5 cm³/mol. The van der Waals surface area contributed by atoms with Crippen molar-refractivity contribution in [3.8, 4) is 16.2 Å². The molecule has 0 aliphatic rings. The Morgan fingerprint density at radius 2 is 2.20 bits per heavy atom. The zero-order valence-corrected chi connectivity index (χ0v) is 12.0. The summed E-state index contributed by atoms with van der Waals surface area (Å²) < 4.78 is 0. The van der Waals surface area contributed by atoms with Gasteiger partial charge in [-0.25, -0.2) is 4.98 Å². The van der Waals surface area contributed by atoms with Gasteiger partial charge in [-0.3, -0.25) is 9.78 Å². The lowest BCUT2D eigenvalue weighted by Crippen LogP contribution is -2.10. The SMILES string of the molecule is Cc1c(-c2ccc(Cl)c(O)c2)sc2nc(N)[nH]c(=O)c12. The molecule has 2 aromatic heterocycles. The average molecular weight is 308 g/mol. The first-order chi connectivity index (χ1) is 9.47. The number of phenols is 1. The molecule has 5 nitrogen and oxygen atoms in total.